The molecule has 0 aliphatic heterocycles. The Labute approximate surface area is 150 Å². The number of carbonyl (C=O) groups is 1. The number of nitrogens with one attached hydrogen (secondary N) is 1. The minimum absolute atomic E-state index is 0.214. The van der Waals surface area contributed by atoms with Crippen LogP contribution in [-0.4, -0.2) is 36.3 Å². The van der Waals surface area contributed by atoms with Gasteiger partial charge in [-0.1, -0.05) is 23.8 Å². The zero-order valence-corrected chi connectivity index (χ0v) is 14.6. The van der Waals surface area contributed by atoms with Crippen molar-refractivity contribution in [3.63, 3.8) is 0 Å². The standard InChI is InChI=1S/C17H16ClNO4S/c1-22-13-8-5-11(9-14(13)23-2)17(24)19-16(21)15(20)10-3-6-12(18)7-4-10/h3-9,16,21H,1-2H3,(H,19,24). The van der Waals surface area contributed by atoms with Crippen molar-refractivity contribution in [2.45, 2.75) is 6.23 Å². The molecule has 0 bridgehead atoms. The number of hydrogen-bond acceptors (Lipinski definition) is 5. The summed E-state index contributed by atoms with van der Waals surface area (Å²) < 4.78 is 10.4. The smallest absolute Gasteiger partial charge is 0.211 e. The van der Waals surface area contributed by atoms with Crippen LogP contribution in [0.15, 0.2) is 42.5 Å². The quantitative estimate of drug-likeness (QED) is 0.466. The Balaban J connectivity index is 2.11. The van der Waals surface area contributed by atoms with Crippen molar-refractivity contribution in [1.29, 1.82) is 0 Å². The van der Waals surface area contributed by atoms with Crippen LogP contribution >= 0.6 is 23.8 Å². The van der Waals surface area contributed by atoms with Crippen molar-refractivity contribution >= 4 is 34.6 Å². The van der Waals surface area contributed by atoms with E-state index in [1.165, 1.54) is 26.4 Å². The molecule has 0 aromatic heterocycles. The molecule has 1 unspecified atom stereocenters. The van der Waals surface area contributed by atoms with Gasteiger partial charge in [-0.05, 0) is 42.5 Å². The van der Waals surface area contributed by atoms with Crippen LogP contribution in [-0.2, 0) is 0 Å². The highest BCUT2D eigenvalue weighted by atomic mass is 35.5. The van der Waals surface area contributed by atoms with E-state index in [4.69, 9.17) is 33.3 Å². The van der Waals surface area contributed by atoms with Gasteiger partial charge in [-0.2, -0.15) is 0 Å². The molecule has 24 heavy (non-hydrogen) atoms. The molecule has 0 saturated heterocycles. The molecule has 0 spiro atoms. The number of ether oxygens (including phenoxy) is 2. The van der Waals surface area contributed by atoms with Gasteiger partial charge in [0.2, 0.25) is 5.78 Å². The van der Waals surface area contributed by atoms with E-state index >= 15 is 0 Å². The van der Waals surface area contributed by atoms with E-state index < -0.39 is 12.0 Å². The lowest BCUT2D eigenvalue weighted by atomic mass is 10.1. The monoisotopic (exact) mass is 365 g/mol. The maximum Gasteiger partial charge on any atom is 0.211 e. The summed E-state index contributed by atoms with van der Waals surface area (Å²) in [4.78, 5) is 12.4. The lowest BCUT2D eigenvalue weighted by Gasteiger charge is -2.15. The van der Waals surface area contributed by atoms with Crippen molar-refractivity contribution in [1.82, 2.24) is 5.32 Å². The first-order valence-corrected chi connectivity index (χ1v) is 7.75. The highest BCUT2D eigenvalue weighted by Gasteiger charge is 2.19. The summed E-state index contributed by atoms with van der Waals surface area (Å²) >= 11 is 11.0. The molecular weight excluding hydrogens is 350 g/mol. The zero-order valence-electron chi connectivity index (χ0n) is 13.1. The molecule has 0 amide bonds. The SMILES string of the molecule is COc1ccc(C(=S)NC(O)C(=O)c2ccc(Cl)cc2)cc1OC. The van der Waals surface area contributed by atoms with Gasteiger partial charge >= 0.3 is 0 Å². The van der Waals surface area contributed by atoms with Gasteiger partial charge in [0.15, 0.2) is 17.7 Å². The molecule has 0 aliphatic rings. The van der Waals surface area contributed by atoms with E-state index in [9.17, 15) is 9.90 Å². The summed E-state index contributed by atoms with van der Waals surface area (Å²) in [5.41, 5.74) is 0.917. The number of thiocarbonyl (C=S) groups is 1. The Morgan fingerprint density at radius 3 is 2.25 bits per heavy atom. The van der Waals surface area contributed by atoms with Crippen LogP contribution in [0.3, 0.4) is 0 Å². The van der Waals surface area contributed by atoms with E-state index in [-0.39, 0.29) is 4.99 Å². The van der Waals surface area contributed by atoms with Crippen LogP contribution < -0.4 is 14.8 Å². The molecule has 7 heteroatoms. The van der Waals surface area contributed by atoms with Crippen molar-refractivity contribution < 1.29 is 19.4 Å². The molecule has 0 radical (unpaired) electrons. The number of methoxy groups -OCH3 is 2. The second-order valence-corrected chi connectivity index (χ2v) is 5.66. The van der Waals surface area contributed by atoms with Gasteiger partial charge in [-0.3, -0.25) is 4.79 Å². The number of aliphatic hydroxyl groups excluding tert-OH is 1. The number of carbonyl (C=O) groups excluding carboxylic acids is 1. The Bertz CT molecular complexity index is 749. The molecule has 2 aromatic rings. The molecule has 0 saturated carbocycles. The zero-order chi connectivity index (χ0) is 17.7. The summed E-state index contributed by atoms with van der Waals surface area (Å²) in [5, 5.41) is 13.2. The average molecular weight is 366 g/mol. The minimum atomic E-state index is -1.47. The molecule has 5 nitrogen and oxygen atoms in total. The van der Waals surface area contributed by atoms with Crippen LogP contribution in [0.4, 0.5) is 0 Å². The van der Waals surface area contributed by atoms with Gasteiger partial charge in [0.05, 0.1) is 14.2 Å². The Kier molecular flexibility index (Phi) is 6.14. The number of benzene rings is 2. The van der Waals surface area contributed by atoms with Crippen LogP contribution in [0, 0.1) is 0 Å². The third kappa shape index (κ3) is 4.23. The minimum Gasteiger partial charge on any atom is -0.493 e. The van der Waals surface area contributed by atoms with Crippen LogP contribution in [0.1, 0.15) is 15.9 Å². The largest absolute Gasteiger partial charge is 0.493 e. The van der Waals surface area contributed by atoms with Crippen molar-refractivity contribution in [2.24, 2.45) is 0 Å². The normalized spacial score (nSPS) is 11.5. The van der Waals surface area contributed by atoms with E-state index in [1.807, 2.05) is 0 Å². The van der Waals surface area contributed by atoms with E-state index in [1.54, 1.807) is 30.3 Å². The Morgan fingerprint density at radius 1 is 1.08 bits per heavy atom. The van der Waals surface area contributed by atoms with E-state index in [0.717, 1.165) is 0 Å². The van der Waals surface area contributed by atoms with Crippen molar-refractivity contribution in [3.05, 3.63) is 58.6 Å². The molecular formula is C17H16ClNO4S. The first-order valence-electron chi connectivity index (χ1n) is 6.97. The molecule has 0 aliphatic carbocycles. The summed E-state index contributed by atoms with van der Waals surface area (Å²) in [6.45, 7) is 0. The number of ketones is 1. The summed E-state index contributed by atoms with van der Waals surface area (Å²) in [6.07, 6.45) is -1.47. The topological polar surface area (TPSA) is 67.8 Å². The van der Waals surface area contributed by atoms with Crippen LogP contribution in [0.25, 0.3) is 0 Å². The number of rotatable bonds is 6. The molecule has 2 rings (SSSR count). The molecule has 1 atom stereocenters. The van der Waals surface area contributed by atoms with Crippen molar-refractivity contribution in [2.75, 3.05) is 14.2 Å². The second-order valence-electron chi connectivity index (χ2n) is 4.82. The first kappa shape index (κ1) is 18.2. The average Bonchev–Trinajstić information content (AvgIpc) is 2.60. The van der Waals surface area contributed by atoms with Gasteiger partial charge in [0, 0.05) is 16.1 Å². The van der Waals surface area contributed by atoms with E-state index in [0.29, 0.717) is 27.6 Å². The predicted octanol–water partition coefficient (Wildman–Crippen LogP) is 2.82. The third-order valence-corrected chi connectivity index (χ3v) is 3.90. The highest BCUT2D eigenvalue weighted by Crippen LogP contribution is 2.27. The Hall–Kier alpha value is -2.15. The third-order valence-electron chi connectivity index (χ3n) is 3.29. The highest BCUT2D eigenvalue weighted by molar-refractivity contribution is 7.80. The van der Waals surface area contributed by atoms with Gasteiger partial charge < -0.3 is 19.9 Å². The van der Waals surface area contributed by atoms with Crippen LogP contribution in [0.2, 0.25) is 5.02 Å². The van der Waals surface area contributed by atoms with E-state index in [2.05, 4.69) is 5.32 Å². The van der Waals surface area contributed by atoms with Crippen LogP contribution in [0.5, 0.6) is 11.5 Å². The fourth-order valence-corrected chi connectivity index (χ4v) is 2.39. The molecule has 2 N–H and O–H groups in total. The number of aliphatic hydroxyl groups is 1. The Morgan fingerprint density at radius 2 is 1.67 bits per heavy atom. The molecule has 126 valence electrons. The molecule has 0 heterocycles. The van der Waals surface area contributed by atoms with Gasteiger partial charge in [-0.15, -0.1) is 0 Å². The predicted molar refractivity (Wildman–Crippen MR) is 96.2 cm³/mol. The number of hydrogen-bond donors (Lipinski definition) is 2. The lowest BCUT2D eigenvalue weighted by molar-refractivity contribution is 0.0721. The molecule has 2 aromatic carbocycles. The number of Topliss-reactive ketones (excluding diaryl/α,β-unsaturated/α-hetero) is 1. The van der Waals surface area contributed by atoms with Gasteiger partial charge in [-0.25, -0.2) is 0 Å². The fourth-order valence-electron chi connectivity index (χ4n) is 2.02. The van der Waals surface area contributed by atoms with Gasteiger partial charge in [0.1, 0.15) is 4.99 Å². The second kappa shape index (κ2) is 8.10. The summed E-state index contributed by atoms with van der Waals surface area (Å²) in [7, 11) is 3.04. The summed E-state index contributed by atoms with van der Waals surface area (Å²) in [5.74, 6) is 0.550. The first-order chi connectivity index (χ1) is 11.5. The maximum atomic E-state index is 12.2. The molecule has 0 fully saturated rings. The van der Waals surface area contributed by atoms with Crippen molar-refractivity contribution in [3.8, 4) is 11.5 Å². The van der Waals surface area contributed by atoms with Gasteiger partial charge in [0.25, 0.3) is 0 Å². The lowest BCUT2D eigenvalue weighted by Crippen LogP contribution is -2.40. The summed E-state index contributed by atoms with van der Waals surface area (Å²) in [6, 6.07) is 11.3. The number of halogens is 1. The fraction of sp³-hybridized carbons (Fsp3) is 0.176. The maximum absolute atomic E-state index is 12.2.